The second-order valence-corrected chi connectivity index (χ2v) is 7.39. The van der Waals surface area contributed by atoms with Gasteiger partial charge in [0.1, 0.15) is 5.75 Å². The summed E-state index contributed by atoms with van der Waals surface area (Å²) in [6.07, 6.45) is 4.39. The Morgan fingerprint density at radius 3 is 2.52 bits per heavy atom. The molecule has 0 atom stereocenters. The maximum absolute atomic E-state index is 12.3. The monoisotopic (exact) mass is 393 g/mol. The molecular weight excluding hydrogens is 362 g/mol. The van der Waals surface area contributed by atoms with Gasteiger partial charge < -0.3 is 19.9 Å². The zero-order valence-corrected chi connectivity index (χ0v) is 17.4. The van der Waals surface area contributed by atoms with Crippen molar-refractivity contribution in [3.05, 3.63) is 65.7 Å². The highest BCUT2D eigenvalue weighted by atomic mass is 16.5. The van der Waals surface area contributed by atoms with E-state index in [1.54, 1.807) is 6.08 Å². The van der Waals surface area contributed by atoms with Gasteiger partial charge in [0.15, 0.2) is 0 Å². The predicted octanol–water partition coefficient (Wildman–Crippen LogP) is 3.56. The number of ether oxygens (including phenoxy) is 1. The second kappa shape index (κ2) is 10.7. The van der Waals surface area contributed by atoms with Crippen LogP contribution < -0.4 is 15.0 Å². The summed E-state index contributed by atoms with van der Waals surface area (Å²) in [5.41, 5.74) is 3.34. The number of hydrogen-bond donors (Lipinski definition) is 1. The number of carbonyl (C=O) groups excluding carboxylic acids is 1. The van der Waals surface area contributed by atoms with E-state index in [4.69, 9.17) is 4.74 Å². The average Bonchev–Trinajstić information content (AvgIpc) is 2.76. The Labute approximate surface area is 174 Å². The molecule has 0 bridgehead atoms. The Morgan fingerprint density at radius 1 is 1.07 bits per heavy atom. The summed E-state index contributed by atoms with van der Waals surface area (Å²) in [6.45, 7) is 7.47. The van der Waals surface area contributed by atoms with Crippen LogP contribution in [0.1, 0.15) is 24.5 Å². The van der Waals surface area contributed by atoms with Gasteiger partial charge >= 0.3 is 0 Å². The SMILES string of the molecule is CCCOc1ccc(/C=C/C(=O)NCc2ccccc2N2CCN(C)CC2)cc1. The average molecular weight is 394 g/mol. The minimum atomic E-state index is -0.0931. The summed E-state index contributed by atoms with van der Waals surface area (Å²) < 4.78 is 5.58. The lowest BCUT2D eigenvalue weighted by molar-refractivity contribution is -0.116. The Morgan fingerprint density at radius 2 is 1.79 bits per heavy atom. The molecule has 1 aliphatic rings. The largest absolute Gasteiger partial charge is 0.494 e. The summed E-state index contributed by atoms with van der Waals surface area (Å²) in [6, 6.07) is 16.1. The minimum Gasteiger partial charge on any atom is -0.494 e. The third kappa shape index (κ3) is 6.36. The van der Waals surface area contributed by atoms with Crippen molar-refractivity contribution in [2.75, 3.05) is 44.7 Å². The van der Waals surface area contributed by atoms with Gasteiger partial charge in [0, 0.05) is 44.5 Å². The molecular formula is C24H31N3O2. The molecule has 1 heterocycles. The van der Waals surface area contributed by atoms with Crippen molar-refractivity contribution >= 4 is 17.7 Å². The first-order valence-electron chi connectivity index (χ1n) is 10.4. The third-order valence-corrected chi connectivity index (χ3v) is 5.07. The Bertz CT molecular complexity index is 809. The Kier molecular flexibility index (Phi) is 7.70. The van der Waals surface area contributed by atoms with Crippen LogP contribution in [0.15, 0.2) is 54.6 Å². The van der Waals surface area contributed by atoms with Gasteiger partial charge in [-0.1, -0.05) is 37.3 Å². The quantitative estimate of drug-likeness (QED) is 0.697. The van der Waals surface area contributed by atoms with E-state index in [1.165, 1.54) is 5.69 Å². The molecule has 5 heteroatoms. The molecule has 0 radical (unpaired) electrons. The number of benzene rings is 2. The van der Waals surface area contributed by atoms with Crippen LogP contribution in [0.5, 0.6) is 5.75 Å². The lowest BCUT2D eigenvalue weighted by atomic mass is 10.1. The number of nitrogens with one attached hydrogen (secondary N) is 1. The number of para-hydroxylation sites is 1. The number of carbonyl (C=O) groups is 1. The van der Waals surface area contributed by atoms with Crippen molar-refractivity contribution in [3.63, 3.8) is 0 Å². The first kappa shape index (κ1) is 20.9. The molecule has 0 aromatic heterocycles. The minimum absolute atomic E-state index is 0.0931. The molecule has 1 fully saturated rings. The Hall–Kier alpha value is -2.79. The van der Waals surface area contributed by atoms with Gasteiger partial charge in [-0.2, -0.15) is 0 Å². The van der Waals surface area contributed by atoms with E-state index < -0.39 is 0 Å². The van der Waals surface area contributed by atoms with Gasteiger partial charge in [-0.05, 0) is 48.9 Å². The third-order valence-electron chi connectivity index (χ3n) is 5.07. The molecule has 1 aliphatic heterocycles. The maximum atomic E-state index is 12.3. The second-order valence-electron chi connectivity index (χ2n) is 7.39. The number of anilines is 1. The first-order chi connectivity index (χ1) is 14.2. The van der Waals surface area contributed by atoms with Gasteiger partial charge in [0.05, 0.1) is 6.61 Å². The van der Waals surface area contributed by atoms with Gasteiger partial charge in [-0.15, -0.1) is 0 Å². The molecule has 0 saturated carbocycles. The van der Waals surface area contributed by atoms with E-state index >= 15 is 0 Å². The predicted molar refractivity (Wildman–Crippen MR) is 119 cm³/mol. The van der Waals surface area contributed by atoms with Crippen LogP contribution in [0.2, 0.25) is 0 Å². The van der Waals surface area contributed by atoms with Gasteiger partial charge in [-0.3, -0.25) is 4.79 Å². The fourth-order valence-corrected chi connectivity index (χ4v) is 3.32. The lowest BCUT2D eigenvalue weighted by Crippen LogP contribution is -2.45. The van der Waals surface area contributed by atoms with Crippen LogP contribution in [0.3, 0.4) is 0 Å². The van der Waals surface area contributed by atoms with E-state index in [0.29, 0.717) is 13.2 Å². The molecule has 0 aliphatic carbocycles. The number of likely N-dealkylation sites (N-methyl/N-ethyl adjacent to an activating group) is 1. The summed E-state index contributed by atoms with van der Waals surface area (Å²) in [5.74, 6) is 0.762. The zero-order valence-electron chi connectivity index (χ0n) is 17.4. The molecule has 5 nitrogen and oxygen atoms in total. The normalized spacial score (nSPS) is 14.9. The van der Waals surface area contributed by atoms with Crippen LogP contribution in [0.25, 0.3) is 6.08 Å². The number of hydrogen-bond acceptors (Lipinski definition) is 4. The summed E-state index contributed by atoms with van der Waals surface area (Å²) >= 11 is 0. The van der Waals surface area contributed by atoms with Crippen molar-refractivity contribution in [1.29, 1.82) is 0 Å². The molecule has 154 valence electrons. The fourth-order valence-electron chi connectivity index (χ4n) is 3.32. The number of piperazine rings is 1. The van der Waals surface area contributed by atoms with Crippen molar-refractivity contribution in [2.24, 2.45) is 0 Å². The molecule has 0 spiro atoms. The zero-order chi connectivity index (χ0) is 20.5. The molecule has 29 heavy (non-hydrogen) atoms. The molecule has 2 aromatic rings. The van der Waals surface area contributed by atoms with Crippen molar-refractivity contribution in [3.8, 4) is 5.75 Å². The lowest BCUT2D eigenvalue weighted by Gasteiger charge is -2.35. The number of rotatable bonds is 8. The first-order valence-corrected chi connectivity index (χ1v) is 10.4. The van der Waals surface area contributed by atoms with Crippen molar-refractivity contribution in [2.45, 2.75) is 19.9 Å². The summed E-state index contributed by atoms with van der Waals surface area (Å²) in [4.78, 5) is 17.0. The van der Waals surface area contributed by atoms with Crippen molar-refractivity contribution < 1.29 is 9.53 Å². The highest BCUT2D eigenvalue weighted by Gasteiger charge is 2.16. The molecule has 1 N–H and O–H groups in total. The van der Waals surface area contributed by atoms with Crippen LogP contribution >= 0.6 is 0 Å². The van der Waals surface area contributed by atoms with E-state index in [9.17, 15) is 4.79 Å². The smallest absolute Gasteiger partial charge is 0.244 e. The number of nitrogens with zero attached hydrogens (tertiary/aromatic N) is 2. The summed E-state index contributed by atoms with van der Waals surface area (Å²) in [7, 11) is 2.15. The van der Waals surface area contributed by atoms with Gasteiger partial charge in [0.25, 0.3) is 0 Å². The highest BCUT2D eigenvalue weighted by molar-refractivity contribution is 5.91. The van der Waals surface area contributed by atoms with E-state index in [1.807, 2.05) is 36.4 Å². The van der Waals surface area contributed by atoms with Gasteiger partial charge in [0.2, 0.25) is 5.91 Å². The maximum Gasteiger partial charge on any atom is 0.244 e. The number of amides is 1. The van der Waals surface area contributed by atoms with E-state index in [2.05, 4.69) is 47.3 Å². The molecule has 1 amide bonds. The van der Waals surface area contributed by atoms with Crippen LogP contribution in [-0.4, -0.2) is 50.6 Å². The van der Waals surface area contributed by atoms with E-state index in [-0.39, 0.29) is 5.91 Å². The highest BCUT2D eigenvalue weighted by Crippen LogP contribution is 2.21. The molecule has 1 saturated heterocycles. The molecule has 3 rings (SSSR count). The van der Waals surface area contributed by atoms with Crippen LogP contribution in [0.4, 0.5) is 5.69 Å². The fraction of sp³-hybridized carbons (Fsp3) is 0.375. The van der Waals surface area contributed by atoms with Crippen molar-refractivity contribution in [1.82, 2.24) is 10.2 Å². The van der Waals surface area contributed by atoms with Crippen LogP contribution in [0, 0.1) is 0 Å². The molecule has 0 unspecified atom stereocenters. The topological polar surface area (TPSA) is 44.8 Å². The Balaban J connectivity index is 1.53. The van der Waals surface area contributed by atoms with Crippen LogP contribution in [-0.2, 0) is 11.3 Å². The standard InChI is InChI=1S/C24H31N3O2/c1-3-18-29-22-11-8-20(9-12-22)10-13-24(28)25-19-21-6-4-5-7-23(21)27-16-14-26(2)15-17-27/h4-13H,3,14-19H2,1-2H3,(H,25,28)/b13-10+. The van der Waals surface area contributed by atoms with E-state index in [0.717, 1.165) is 49.5 Å². The summed E-state index contributed by atoms with van der Waals surface area (Å²) in [5, 5.41) is 3.01. The van der Waals surface area contributed by atoms with Gasteiger partial charge in [-0.25, -0.2) is 0 Å². The molecule has 2 aromatic carbocycles.